The summed E-state index contributed by atoms with van der Waals surface area (Å²) in [5, 5.41) is 11.5. The second kappa shape index (κ2) is 8.75. The van der Waals surface area contributed by atoms with Gasteiger partial charge in [-0.15, -0.1) is 0 Å². The number of rotatable bonds is 8. The number of nitro benzene ring substituents is 1. The highest BCUT2D eigenvalue weighted by Gasteiger charge is 2.23. The van der Waals surface area contributed by atoms with Crippen molar-refractivity contribution < 1.29 is 14.5 Å². The van der Waals surface area contributed by atoms with Crippen molar-refractivity contribution in [2.24, 2.45) is 5.73 Å². The molecule has 0 unspecified atom stereocenters. The zero-order valence-corrected chi connectivity index (χ0v) is 15.0. The molecule has 7 nitrogen and oxygen atoms in total. The Hall–Kier alpha value is -2.77. The van der Waals surface area contributed by atoms with E-state index in [9.17, 15) is 14.9 Å². The van der Waals surface area contributed by atoms with E-state index >= 15 is 0 Å². The highest BCUT2D eigenvalue weighted by atomic mass is 16.6. The lowest BCUT2D eigenvalue weighted by molar-refractivity contribution is -0.385. The summed E-state index contributed by atoms with van der Waals surface area (Å²) in [5.41, 5.74) is 6.99. The van der Waals surface area contributed by atoms with Crippen LogP contribution in [-0.2, 0) is 17.8 Å². The van der Waals surface area contributed by atoms with Gasteiger partial charge in [0.1, 0.15) is 0 Å². The maximum atomic E-state index is 11.5. The largest absolute Gasteiger partial charge is 0.377 e. The van der Waals surface area contributed by atoms with Crippen molar-refractivity contribution in [1.29, 1.82) is 0 Å². The van der Waals surface area contributed by atoms with Gasteiger partial charge in [-0.05, 0) is 24.5 Å². The first kappa shape index (κ1) is 19.0. The zero-order valence-electron chi connectivity index (χ0n) is 15.0. The number of carbonyl (C=O) groups is 1. The lowest BCUT2D eigenvalue weighted by Gasteiger charge is -2.25. The Balaban J connectivity index is 1.83. The lowest BCUT2D eigenvalue weighted by atomic mass is 10.1. The quantitative estimate of drug-likeness (QED) is 0.570. The molecule has 1 aliphatic heterocycles. The summed E-state index contributed by atoms with van der Waals surface area (Å²) in [5.74, 6) is -0.676. The van der Waals surface area contributed by atoms with Crippen LogP contribution in [0.25, 0.3) is 0 Å². The predicted molar refractivity (Wildman–Crippen MR) is 101 cm³/mol. The Morgan fingerprint density at radius 1 is 1.22 bits per heavy atom. The molecule has 1 atom stereocenters. The van der Waals surface area contributed by atoms with Gasteiger partial charge in [-0.1, -0.05) is 36.4 Å². The van der Waals surface area contributed by atoms with Gasteiger partial charge in [0.15, 0.2) is 0 Å². The van der Waals surface area contributed by atoms with Crippen molar-refractivity contribution in [3.05, 3.63) is 75.3 Å². The maximum Gasteiger partial charge on any atom is 0.274 e. The van der Waals surface area contributed by atoms with Gasteiger partial charge in [0, 0.05) is 43.4 Å². The second-order valence-electron chi connectivity index (χ2n) is 6.76. The Morgan fingerprint density at radius 2 is 2.00 bits per heavy atom. The molecule has 1 aliphatic rings. The van der Waals surface area contributed by atoms with Crippen LogP contribution in [0.2, 0.25) is 0 Å². The summed E-state index contributed by atoms with van der Waals surface area (Å²) < 4.78 is 5.75. The highest BCUT2D eigenvalue weighted by molar-refractivity contribution is 5.93. The molecule has 7 heteroatoms. The van der Waals surface area contributed by atoms with E-state index < -0.39 is 10.8 Å². The van der Waals surface area contributed by atoms with Crippen LogP contribution in [0.4, 0.5) is 5.69 Å². The average molecular weight is 369 g/mol. The molecular formula is C20H23N3O4. The third-order valence-corrected chi connectivity index (χ3v) is 4.70. The van der Waals surface area contributed by atoms with Crippen LogP contribution < -0.4 is 5.73 Å². The Kier molecular flexibility index (Phi) is 6.16. The van der Waals surface area contributed by atoms with Crippen molar-refractivity contribution in [2.45, 2.75) is 32.0 Å². The molecule has 3 rings (SSSR count). The molecule has 142 valence electrons. The van der Waals surface area contributed by atoms with Crippen LogP contribution in [0.3, 0.4) is 0 Å². The van der Waals surface area contributed by atoms with Gasteiger partial charge in [0.05, 0.1) is 11.0 Å². The minimum atomic E-state index is -0.676. The number of amides is 1. The van der Waals surface area contributed by atoms with E-state index in [0.717, 1.165) is 25.0 Å². The fraction of sp³-hybridized carbons (Fsp3) is 0.350. The minimum Gasteiger partial charge on any atom is -0.377 e. The first-order chi connectivity index (χ1) is 13.0. The summed E-state index contributed by atoms with van der Waals surface area (Å²) in [7, 11) is 0. The molecule has 2 N–H and O–H groups in total. The summed E-state index contributed by atoms with van der Waals surface area (Å²) in [6.45, 7) is 2.51. The van der Waals surface area contributed by atoms with E-state index in [-0.39, 0.29) is 17.4 Å². The first-order valence-electron chi connectivity index (χ1n) is 8.98. The number of nitrogens with two attached hydrogens (primary N) is 1. The summed E-state index contributed by atoms with van der Waals surface area (Å²) >= 11 is 0. The van der Waals surface area contributed by atoms with E-state index in [0.29, 0.717) is 25.2 Å². The van der Waals surface area contributed by atoms with Crippen molar-refractivity contribution >= 4 is 11.6 Å². The van der Waals surface area contributed by atoms with Crippen molar-refractivity contribution in [3.8, 4) is 0 Å². The number of ether oxygens (including phenoxy) is 1. The molecule has 2 aromatic carbocycles. The third kappa shape index (κ3) is 5.12. The van der Waals surface area contributed by atoms with E-state index in [1.165, 1.54) is 12.1 Å². The zero-order chi connectivity index (χ0) is 19.2. The monoisotopic (exact) mass is 369 g/mol. The van der Waals surface area contributed by atoms with Crippen LogP contribution in [0, 0.1) is 10.1 Å². The molecule has 0 saturated carbocycles. The van der Waals surface area contributed by atoms with Gasteiger partial charge in [0.2, 0.25) is 5.91 Å². The number of hydrogen-bond acceptors (Lipinski definition) is 5. The Bertz CT molecular complexity index is 804. The molecule has 27 heavy (non-hydrogen) atoms. The summed E-state index contributed by atoms with van der Waals surface area (Å²) in [4.78, 5) is 24.5. The SMILES string of the molecule is NC(=O)c1ccc(CN(Cc2ccccc2)C[C@@H]2CCCO2)c([N+](=O)[O-])c1. The summed E-state index contributed by atoms with van der Waals surface area (Å²) in [6.07, 6.45) is 2.17. The number of benzene rings is 2. The molecule has 0 aromatic heterocycles. The van der Waals surface area contributed by atoms with Crippen LogP contribution in [0.5, 0.6) is 0 Å². The number of nitro groups is 1. The fourth-order valence-electron chi connectivity index (χ4n) is 3.36. The van der Waals surface area contributed by atoms with Crippen LogP contribution >= 0.6 is 0 Å². The predicted octanol–water partition coefficient (Wildman–Crippen LogP) is 2.87. The molecule has 1 amide bonds. The molecule has 0 spiro atoms. The topological polar surface area (TPSA) is 98.7 Å². The maximum absolute atomic E-state index is 11.5. The second-order valence-corrected chi connectivity index (χ2v) is 6.76. The van der Waals surface area contributed by atoms with Crippen molar-refractivity contribution in [3.63, 3.8) is 0 Å². The van der Waals surface area contributed by atoms with E-state index in [1.807, 2.05) is 30.3 Å². The molecule has 1 heterocycles. The van der Waals surface area contributed by atoms with Crippen LogP contribution in [0.15, 0.2) is 48.5 Å². The fourth-order valence-corrected chi connectivity index (χ4v) is 3.36. The van der Waals surface area contributed by atoms with Crippen LogP contribution in [0.1, 0.15) is 34.3 Å². The van der Waals surface area contributed by atoms with Gasteiger partial charge < -0.3 is 10.5 Å². The third-order valence-electron chi connectivity index (χ3n) is 4.70. The van der Waals surface area contributed by atoms with Gasteiger partial charge >= 0.3 is 0 Å². The Labute approximate surface area is 157 Å². The van der Waals surface area contributed by atoms with Gasteiger partial charge in [0.25, 0.3) is 5.69 Å². The van der Waals surface area contributed by atoms with Crippen molar-refractivity contribution in [2.75, 3.05) is 13.2 Å². The number of primary amides is 1. The van der Waals surface area contributed by atoms with Gasteiger partial charge in [-0.25, -0.2) is 0 Å². The van der Waals surface area contributed by atoms with E-state index in [4.69, 9.17) is 10.5 Å². The van der Waals surface area contributed by atoms with Gasteiger partial charge in [-0.2, -0.15) is 0 Å². The minimum absolute atomic E-state index is 0.0864. The van der Waals surface area contributed by atoms with E-state index in [1.54, 1.807) is 6.07 Å². The molecule has 0 bridgehead atoms. The standard InChI is InChI=1S/C20H23N3O4/c21-20(24)16-8-9-17(19(11-16)23(25)26)13-22(14-18-7-4-10-27-18)12-15-5-2-1-3-6-15/h1-3,5-6,8-9,11,18H,4,7,10,12-14H2,(H2,21,24)/t18-/m0/s1. The van der Waals surface area contributed by atoms with E-state index in [2.05, 4.69) is 4.90 Å². The van der Waals surface area contributed by atoms with Crippen molar-refractivity contribution in [1.82, 2.24) is 4.90 Å². The van der Waals surface area contributed by atoms with Crippen LogP contribution in [-0.4, -0.2) is 35.0 Å². The van der Waals surface area contributed by atoms with Gasteiger partial charge in [-0.3, -0.25) is 19.8 Å². The number of carbonyl (C=O) groups excluding carboxylic acids is 1. The number of hydrogen-bond donors (Lipinski definition) is 1. The molecule has 0 radical (unpaired) electrons. The number of nitrogens with zero attached hydrogens (tertiary/aromatic N) is 2. The molecule has 2 aromatic rings. The molecule has 0 aliphatic carbocycles. The molecule has 1 saturated heterocycles. The Morgan fingerprint density at radius 3 is 2.63 bits per heavy atom. The normalized spacial score (nSPS) is 16.6. The lowest BCUT2D eigenvalue weighted by Crippen LogP contribution is -2.31. The molecular weight excluding hydrogens is 346 g/mol. The smallest absolute Gasteiger partial charge is 0.274 e. The average Bonchev–Trinajstić information content (AvgIpc) is 3.15. The highest BCUT2D eigenvalue weighted by Crippen LogP contribution is 2.24. The summed E-state index contributed by atoms with van der Waals surface area (Å²) in [6, 6.07) is 14.4. The first-order valence-corrected chi connectivity index (χ1v) is 8.98. The molecule has 1 fully saturated rings.